The molecule has 0 aliphatic heterocycles. The van der Waals surface area contributed by atoms with Crippen LogP contribution in [0.4, 0.5) is 5.82 Å². The normalized spacial score (nSPS) is 9.63. The fourth-order valence-corrected chi connectivity index (χ4v) is 1.58. The highest BCUT2D eigenvalue weighted by Crippen LogP contribution is 2.08. The maximum Gasteiger partial charge on any atom is 0.176 e. The molecule has 2 aromatic heterocycles. The molecule has 19 heavy (non-hydrogen) atoms. The van der Waals surface area contributed by atoms with Crippen molar-refractivity contribution in [1.82, 2.24) is 19.5 Å². The van der Waals surface area contributed by atoms with Crippen molar-refractivity contribution in [1.29, 1.82) is 10.5 Å². The van der Waals surface area contributed by atoms with Gasteiger partial charge in [0.25, 0.3) is 0 Å². The summed E-state index contributed by atoms with van der Waals surface area (Å²) in [5.41, 5.74) is 1.06. The molecule has 2 heterocycles. The van der Waals surface area contributed by atoms with Gasteiger partial charge in [-0.05, 0) is 6.92 Å². The van der Waals surface area contributed by atoms with Gasteiger partial charge in [0.1, 0.15) is 18.0 Å². The van der Waals surface area contributed by atoms with E-state index in [1.54, 1.807) is 17.0 Å². The first-order chi connectivity index (χ1) is 9.28. The van der Waals surface area contributed by atoms with Crippen LogP contribution in [0.15, 0.2) is 18.7 Å². The lowest BCUT2D eigenvalue weighted by Crippen LogP contribution is -2.06. The van der Waals surface area contributed by atoms with Crippen molar-refractivity contribution in [3.63, 3.8) is 0 Å². The van der Waals surface area contributed by atoms with Crippen LogP contribution in [0, 0.1) is 22.7 Å². The summed E-state index contributed by atoms with van der Waals surface area (Å²) in [6.45, 7) is 3.11. The van der Waals surface area contributed by atoms with Gasteiger partial charge in [0, 0.05) is 6.54 Å². The maximum absolute atomic E-state index is 9.00. The van der Waals surface area contributed by atoms with Crippen molar-refractivity contribution in [2.24, 2.45) is 0 Å². The predicted molar refractivity (Wildman–Crippen MR) is 67.0 cm³/mol. The minimum Gasteiger partial charge on any atom is -0.369 e. The fraction of sp³-hybridized carbons (Fsp3) is 0.250. The lowest BCUT2D eigenvalue weighted by atomic mass is 10.3. The maximum atomic E-state index is 9.00. The van der Waals surface area contributed by atoms with Crippen molar-refractivity contribution in [3.05, 3.63) is 35.8 Å². The monoisotopic (exact) mass is 253 g/mol. The number of nitrogens with one attached hydrogen (secondary N) is 1. The molecular formula is C12H11N7. The van der Waals surface area contributed by atoms with Crippen LogP contribution in [0.25, 0.3) is 0 Å². The number of rotatable bonds is 4. The third-order valence-corrected chi connectivity index (χ3v) is 2.45. The molecule has 1 N–H and O–H groups in total. The van der Waals surface area contributed by atoms with Crippen LogP contribution >= 0.6 is 0 Å². The zero-order chi connectivity index (χ0) is 13.7. The molecule has 0 bridgehead atoms. The van der Waals surface area contributed by atoms with E-state index in [-0.39, 0.29) is 11.4 Å². The van der Waals surface area contributed by atoms with Crippen molar-refractivity contribution >= 4 is 5.82 Å². The van der Waals surface area contributed by atoms with Crippen LogP contribution in [0.1, 0.15) is 24.0 Å². The number of imidazole rings is 1. The Morgan fingerprint density at radius 1 is 1.21 bits per heavy atom. The first kappa shape index (κ1) is 12.5. The van der Waals surface area contributed by atoms with E-state index in [1.807, 2.05) is 19.1 Å². The van der Waals surface area contributed by atoms with Crippen molar-refractivity contribution in [2.45, 2.75) is 13.5 Å². The van der Waals surface area contributed by atoms with Gasteiger partial charge in [0.05, 0.1) is 31.0 Å². The van der Waals surface area contributed by atoms with Gasteiger partial charge in [-0.15, -0.1) is 0 Å². The molecule has 0 saturated heterocycles. The average molecular weight is 253 g/mol. The summed E-state index contributed by atoms with van der Waals surface area (Å²) in [5.74, 6) is 0.704. The topological polar surface area (TPSA) is 103 Å². The Morgan fingerprint density at radius 3 is 2.63 bits per heavy atom. The van der Waals surface area contributed by atoms with Gasteiger partial charge in [-0.3, -0.25) is 4.98 Å². The highest BCUT2D eigenvalue weighted by Gasteiger charge is 2.10. The first-order valence-electron chi connectivity index (χ1n) is 5.68. The number of aromatic nitrogens is 4. The molecule has 0 aromatic carbocycles. The van der Waals surface area contributed by atoms with E-state index in [1.165, 1.54) is 6.33 Å². The van der Waals surface area contributed by atoms with Gasteiger partial charge in [-0.1, -0.05) is 0 Å². The lowest BCUT2D eigenvalue weighted by molar-refractivity contribution is 0.757. The molecule has 0 amide bonds. The largest absolute Gasteiger partial charge is 0.369 e. The summed E-state index contributed by atoms with van der Waals surface area (Å²) >= 11 is 0. The van der Waals surface area contributed by atoms with Gasteiger partial charge in [0.2, 0.25) is 0 Å². The molecule has 0 aliphatic carbocycles. The van der Waals surface area contributed by atoms with Crippen molar-refractivity contribution < 1.29 is 0 Å². The van der Waals surface area contributed by atoms with Crippen LogP contribution in [-0.4, -0.2) is 26.1 Å². The summed E-state index contributed by atoms with van der Waals surface area (Å²) in [6.07, 6.45) is 4.72. The Hall–Kier alpha value is -2.93. The van der Waals surface area contributed by atoms with Crippen LogP contribution < -0.4 is 5.32 Å². The van der Waals surface area contributed by atoms with Crippen molar-refractivity contribution in [3.8, 4) is 12.1 Å². The van der Waals surface area contributed by atoms with Gasteiger partial charge >= 0.3 is 0 Å². The van der Waals surface area contributed by atoms with Crippen LogP contribution in [0.5, 0.6) is 0 Å². The molecule has 2 rings (SSSR count). The number of hydrogen-bond donors (Lipinski definition) is 1. The van der Waals surface area contributed by atoms with E-state index < -0.39 is 0 Å². The van der Waals surface area contributed by atoms with Gasteiger partial charge in [-0.25, -0.2) is 9.97 Å². The van der Waals surface area contributed by atoms with E-state index in [2.05, 4.69) is 20.3 Å². The van der Waals surface area contributed by atoms with Gasteiger partial charge in [0.15, 0.2) is 11.4 Å². The molecule has 0 aliphatic rings. The van der Waals surface area contributed by atoms with E-state index in [4.69, 9.17) is 10.5 Å². The molecule has 2 aromatic rings. The van der Waals surface area contributed by atoms with E-state index in [0.29, 0.717) is 18.1 Å². The Kier molecular flexibility index (Phi) is 3.70. The second-order valence-electron chi connectivity index (χ2n) is 3.72. The van der Waals surface area contributed by atoms with Gasteiger partial charge in [-0.2, -0.15) is 10.5 Å². The number of nitrogens with zero attached hydrogens (tertiary/aromatic N) is 6. The predicted octanol–water partition coefficient (Wildman–Crippen LogP) is 0.897. The number of hydrogen-bond acceptors (Lipinski definition) is 6. The van der Waals surface area contributed by atoms with Crippen LogP contribution in [0.3, 0.4) is 0 Å². The first-order valence-corrected chi connectivity index (χ1v) is 5.68. The lowest BCUT2D eigenvalue weighted by Gasteiger charge is -2.05. The highest BCUT2D eigenvalue weighted by molar-refractivity contribution is 5.36. The summed E-state index contributed by atoms with van der Waals surface area (Å²) in [7, 11) is 0. The second kappa shape index (κ2) is 5.61. The van der Waals surface area contributed by atoms with E-state index >= 15 is 0 Å². The molecule has 0 unspecified atom stereocenters. The third-order valence-electron chi connectivity index (χ3n) is 2.45. The smallest absolute Gasteiger partial charge is 0.176 e. The number of anilines is 1. The molecule has 0 spiro atoms. The Labute approximate surface area is 110 Å². The standard InChI is InChI=1S/C12H11N7/c1-2-15-12-6-16-9(5-17-12)7-19-8-18-10(3-13)11(19)4-14/h5-6,8H,2,7H2,1H3,(H,15,17). The van der Waals surface area contributed by atoms with Crippen molar-refractivity contribution in [2.75, 3.05) is 11.9 Å². The minimum absolute atomic E-state index is 0.125. The highest BCUT2D eigenvalue weighted by atomic mass is 15.1. The molecule has 7 nitrogen and oxygen atoms in total. The van der Waals surface area contributed by atoms with Crippen LogP contribution in [0.2, 0.25) is 0 Å². The Bertz CT molecular complexity index is 642. The van der Waals surface area contributed by atoms with Gasteiger partial charge < -0.3 is 9.88 Å². The SMILES string of the molecule is CCNc1cnc(Cn2cnc(C#N)c2C#N)cn1. The zero-order valence-electron chi connectivity index (χ0n) is 10.3. The molecule has 0 radical (unpaired) electrons. The Morgan fingerprint density at radius 2 is 2.05 bits per heavy atom. The zero-order valence-corrected chi connectivity index (χ0v) is 10.3. The summed E-state index contributed by atoms with van der Waals surface area (Å²) in [4.78, 5) is 12.3. The van der Waals surface area contributed by atoms with E-state index in [9.17, 15) is 0 Å². The third kappa shape index (κ3) is 2.67. The summed E-state index contributed by atoms with van der Waals surface area (Å²) < 4.78 is 1.58. The quantitative estimate of drug-likeness (QED) is 0.868. The minimum atomic E-state index is 0.125. The van der Waals surface area contributed by atoms with Crippen LogP contribution in [-0.2, 0) is 6.54 Å². The summed E-state index contributed by atoms with van der Waals surface area (Å²) in [5, 5.41) is 20.9. The molecular weight excluding hydrogens is 242 g/mol. The second-order valence-corrected chi connectivity index (χ2v) is 3.72. The molecule has 0 fully saturated rings. The summed E-state index contributed by atoms with van der Waals surface area (Å²) in [6, 6.07) is 3.84. The molecule has 94 valence electrons. The molecule has 7 heteroatoms. The fourth-order valence-electron chi connectivity index (χ4n) is 1.58. The van der Waals surface area contributed by atoms with E-state index in [0.717, 1.165) is 6.54 Å². The molecule has 0 atom stereocenters. The molecule has 0 saturated carbocycles. The average Bonchev–Trinajstić information content (AvgIpc) is 2.83. The Balaban J connectivity index is 2.20. The number of nitriles is 2.